The minimum Gasteiger partial charge on any atom is -0.507 e. The highest BCUT2D eigenvalue weighted by Crippen LogP contribution is 2.39. The molecule has 1 aromatic heterocycles. The summed E-state index contributed by atoms with van der Waals surface area (Å²) in [7, 11) is 4.76. The van der Waals surface area contributed by atoms with Gasteiger partial charge in [0.05, 0.1) is 21.3 Å². The van der Waals surface area contributed by atoms with Crippen LogP contribution in [0.15, 0.2) is 35.7 Å². The van der Waals surface area contributed by atoms with Gasteiger partial charge in [0.15, 0.2) is 11.5 Å². The van der Waals surface area contributed by atoms with Crippen LogP contribution in [0.4, 0.5) is 0 Å². The number of hydrogen-bond donors (Lipinski definition) is 1. The van der Waals surface area contributed by atoms with Gasteiger partial charge in [0, 0.05) is 10.1 Å². The summed E-state index contributed by atoms with van der Waals surface area (Å²) in [5, 5.41) is 12.9. The molecular formula is C19H18O4S. The lowest BCUT2D eigenvalue weighted by molar-refractivity contribution is 0.324. The van der Waals surface area contributed by atoms with Crippen LogP contribution in [0.2, 0.25) is 0 Å². The molecule has 4 nitrogen and oxygen atoms in total. The third-order valence-corrected chi connectivity index (χ3v) is 4.59. The molecule has 0 saturated carbocycles. The van der Waals surface area contributed by atoms with E-state index in [0.717, 1.165) is 21.2 Å². The molecule has 0 aliphatic heterocycles. The van der Waals surface area contributed by atoms with Crippen LogP contribution < -0.4 is 14.2 Å². The minimum absolute atomic E-state index is 0.290. The predicted molar refractivity (Wildman–Crippen MR) is 98.5 cm³/mol. The van der Waals surface area contributed by atoms with Crippen LogP contribution in [0, 0.1) is 0 Å². The number of phenols is 1. The van der Waals surface area contributed by atoms with E-state index in [9.17, 15) is 5.11 Å². The largest absolute Gasteiger partial charge is 0.507 e. The quantitative estimate of drug-likeness (QED) is 0.677. The summed E-state index contributed by atoms with van der Waals surface area (Å²) >= 11 is 1.60. The average molecular weight is 342 g/mol. The number of aromatic hydroxyl groups is 1. The molecule has 0 saturated heterocycles. The van der Waals surface area contributed by atoms with Crippen LogP contribution in [-0.2, 0) is 0 Å². The lowest BCUT2D eigenvalue weighted by Gasteiger charge is -2.12. The fourth-order valence-electron chi connectivity index (χ4n) is 2.56. The lowest BCUT2D eigenvalue weighted by Crippen LogP contribution is -1.95. The van der Waals surface area contributed by atoms with E-state index in [-0.39, 0.29) is 0 Å². The van der Waals surface area contributed by atoms with Crippen molar-refractivity contribution in [3.05, 3.63) is 46.8 Å². The van der Waals surface area contributed by atoms with E-state index < -0.39 is 0 Å². The first-order valence-corrected chi connectivity index (χ1v) is 8.22. The number of thiophene rings is 1. The second kappa shape index (κ2) is 6.84. The van der Waals surface area contributed by atoms with Gasteiger partial charge in [0.25, 0.3) is 0 Å². The minimum atomic E-state index is 0.290. The highest BCUT2D eigenvalue weighted by atomic mass is 32.1. The fraction of sp³-hybridized carbons (Fsp3) is 0.158. The van der Waals surface area contributed by atoms with Crippen LogP contribution in [0.1, 0.15) is 11.1 Å². The molecule has 0 aliphatic carbocycles. The van der Waals surface area contributed by atoms with Crippen molar-refractivity contribution in [3.8, 4) is 23.0 Å². The predicted octanol–water partition coefficient (Wildman–Crippen LogP) is 4.80. The second-order valence-electron chi connectivity index (χ2n) is 5.16. The van der Waals surface area contributed by atoms with Gasteiger partial charge in [-0.2, -0.15) is 0 Å². The average Bonchev–Trinajstić information content (AvgIpc) is 3.08. The Kier molecular flexibility index (Phi) is 4.62. The SMILES string of the molecule is COc1cc(C=Cc2cc(O)c3ccsc3c2)cc(OC)c1OC. The zero-order chi connectivity index (χ0) is 17.1. The first kappa shape index (κ1) is 16.2. The molecule has 0 amide bonds. The molecule has 24 heavy (non-hydrogen) atoms. The van der Waals surface area contributed by atoms with E-state index >= 15 is 0 Å². The zero-order valence-corrected chi connectivity index (χ0v) is 14.5. The van der Waals surface area contributed by atoms with Crippen LogP contribution in [-0.4, -0.2) is 26.4 Å². The number of hydrogen-bond acceptors (Lipinski definition) is 5. The Labute approximate surface area is 144 Å². The molecule has 0 aliphatic rings. The molecule has 0 atom stereocenters. The smallest absolute Gasteiger partial charge is 0.203 e. The van der Waals surface area contributed by atoms with E-state index in [2.05, 4.69) is 0 Å². The second-order valence-corrected chi connectivity index (χ2v) is 6.11. The molecular weight excluding hydrogens is 324 g/mol. The number of fused-ring (bicyclic) bond motifs is 1. The van der Waals surface area contributed by atoms with Gasteiger partial charge in [-0.05, 0) is 46.8 Å². The topological polar surface area (TPSA) is 47.9 Å². The Bertz CT molecular complexity index is 871. The molecule has 3 aromatic rings. The monoisotopic (exact) mass is 342 g/mol. The number of benzene rings is 2. The van der Waals surface area contributed by atoms with Crippen LogP contribution in [0.25, 0.3) is 22.2 Å². The first-order chi connectivity index (χ1) is 11.7. The van der Waals surface area contributed by atoms with Crippen molar-refractivity contribution in [2.75, 3.05) is 21.3 Å². The van der Waals surface area contributed by atoms with Gasteiger partial charge in [0.2, 0.25) is 5.75 Å². The number of phenolic OH excluding ortho intramolecular Hbond substituents is 1. The van der Waals surface area contributed by atoms with Gasteiger partial charge in [-0.1, -0.05) is 12.2 Å². The summed E-state index contributed by atoms with van der Waals surface area (Å²) in [6, 6.07) is 9.47. The van der Waals surface area contributed by atoms with Gasteiger partial charge in [-0.25, -0.2) is 0 Å². The molecule has 0 bridgehead atoms. The normalized spacial score (nSPS) is 11.1. The Hall–Kier alpha value is -2.66. The van der Waals surface area contributed by atoms with Crippen molar-refractivity contribution < 1.29 is 19.3 Å². The lowest BCUT2D eigenvalue weighted by atomic mass is 10.1. The van der Waals surface area contributed by atoms with Crippen LogP contribution in [0.5, 0.6) is 23.0 Å². The molecule has 2 aromatic carbocycles. The van der Waals surface area contributed by atoms with Crippen molar-refractivity contribution >= 4 is 33.6 Å². The Morgan fingerprint density at radius 3 is 2.08 bits per heavy atom. The van der Waals surface area contributed by atoms with Crippen molar-refractivity contribution in [1.82, 2.24) is 0 Å². The summed E-state index contributed by atoms with van der Waals surface area (Å²) in [4.78, 5) is 0. The molecule has 124 valence electrons. The molecule has 1 heterocycles. The molecule has 1 N–H and O–H groups in total. The van der Waals surface area contributed by atoms with Crippen LogP contribution >= 0.6 is 11.3 Å². The molecule has 0 fully saturated rings. The summed E-state index contributed by atoms with van der Waals surface area (Å²) in [6.45, 7) is 0. The number of ether oxygens (including phenoxy) is 3. The fourth-order valence-corrected chi connectivity index (χ4v) is 3.41. The van der Waals surface area contributed by atoms with Crippen LogP contribution in [0.3, 0.4) is 0 Å². The Morgan fingerprint density at radius 2 is 1.50 bits per heavy atom. The molecule has 3 rings (SSSR count). The van der Waals surface area contributed by atoms with Crippen molar-refractivity contribution in [2.45, 2.75) is 0 Å². The molecule has 0 radical (unpaired) electrons. The van der Waals surface area contributed by atoms with Gasteiger partial charge >= 0.3 is 0 Å². The molecule has 0 spiro atoms. The summed E-state index contributed by atoms with van der Waals surface area (Å²) in [5.74, 6) is 2.06. The summed E-state index contributed by atoms with van der Waals surface area (Å²) in [5.41, 5.74) is 1.84. The maximum absolute atomic E-state index is 10.1. The Balaban J connectivity index is 1.98. The summed E-state index contributed by atoms with van der Waals surface area (Å²) in [6.07, 6.45) is 3.89. The third-order valence-electron chi connectivity index (χ3n) is 3.73. The van der Waals surface area contributed by atoms with Gasteiger partial charge in [-0.3, -0.25) is 0 Å². The first-order valence-electron chi connectivity index (χ1n) is 7.34. The van der Waals surface area contributed by atoms with Gasteiger partial charge in [-0.15, -0.1) is 11.3 Å². The van der Waals surface area contributed by atoms with Crippen molar-refractivity contribution in [3.63, 3.8) is 0 Å². The maximum Gasteiger partial charge on any atom is 0.203 e. The standard InChI is InChI=1S/C19H18O4S/c1-21-16-9-13(10-17(22-2)19(16)23-3)5-4-12-8-15(20)14-6-7-24-18(14)11-12/h4-11,20H,1-3H3. The molecule has 5 heteroatoms. The van der Waals surface area contributed by atoms with Gasteiger partial charge in [0.1, 0.15) is 5.75 Å². The highest BCUT2D eigenvalue weighted by molar-refractivity contribution is 7.17. The summed E-state index contributed by atoms with van der Waals surface area (Å²) < 4.78 is 17.1. The number of methoxy groups -OCH3 is 3. The van der Waals surface area contributed by atoms with Gasteiger partial charge < -0.3 is 19.3 Å². The number of rotatable bonds is 5. The van der Waals surface area contributed by atoms with Crippen molar-refractivity contribution in [2.24, 2.45) is 0 Å². The molecule has 0 unspecified atom stereocenters. The maximum atomic E-state index is 10.1. The van der Waals surface area contributed by atoms with E-state index in [1.807, 2.05) is 41.8 Å². The van der Waals surface area contributed by atoms with E-state index in [0.29, 0.717) is 23.0 Å². The zero-order valence-electron chi connectivity index (χ0n) is 13.7. The highest BCUT2D eigenvalue weighted by Gasteiger charge is 2.12. The van der Waals surface area contributed by atoms with E-state index in [1.165, 1.54) is 0 Å². The van der Waals surface area contributed by atoms with E-state index in [4.69, 9.17) is 14.2 Å². The Morgan fingerprint density at radius 1 is 0.875 bits per heavy atom. The third kappa shape index (κ3) is 3.03. The van der Waals surface area contributed by atoms with E-state index in [1.54, 1.807) is 38.7 Å². The van der Waals surface area contributed by atoms with Crippen molar-refractivity contribution in [1.29, 1.82) is 0 Å².